The van der Waals surface area contributed by atoms with Gasteiger partial charge in [-0.2, -0.15) is 13.2 Å². The van der Waals surface area contributed by atoms with Gasteiger partial charge in [0.05, 0.1) is 0 Å². The zero-order valence-electron chi connectivity index (χ0n) is 12.7. The third-order valence-corrected chi connectivity index (χ3v) is 4.16. The molecule has 0 unspecified atom stereocenters. The second kappa shape index (κ2) is 5.34. The predicted octanol–water partition coefficient (Wildman–Crippen LogP) is 3.07. The van der Waals surface area contributed by atoms with Gasteiger partial charge in [-0.1, -0.05) is 0 Å². The summed E-state index contributed by atoms with van der Waals surface area (Å²) in [6.45, 7) is 6.26. The number of nitrogens with zero attached hydrogens (tertiary/aromatic N) is 1. The average molecular weight is 308 g/mol. The molecule has 2 fully saturated rings. The van der Waals surface area contributed by atoms with Crippen LogP contribution in [0, 0.1) is 0 Å². The molecule has 2 heterocycles. The molecular formula is C14H23F3N2O2. The fourth-order valence-electron chi connectivity index (χ4n) is 3.02. The molecule has 2 saturated heterocycles. The van der Waals surface area contributed by atoms with Crippen molar-refractivity contribution in [1.82, 2.24) is 10.2 Å². The topological polar surface area (TPSA) is 41.6 Å². The summed E-state index contributed by atoms with van der Waals surface area (Å²) in [6.07, 6.45) is -2.86. The molecule has 1 N–H and O–H groups in total. The van der Waals surface area contributed by atoms with E-state index in [1.165, 1.54) is 0 Å². The van der Waals surface area contributed by atoms with Crippen molar-refractivity contribution in [3.8, 4) is 0 Å². The van der Waals surface area contributed by atoms with Crippen molar-refractivity contribution in [2.45, 2.75) is 69.8 Å². The molecule has 2 rings (SSSR count). The number of hydrogen-bond acceptors (Lipinski definition) is 3. The van der Waals surface area contributed by atoms with E-state index in [1.807, 2.05) is 0 Å². The maximum absolute atomic E-state index is 12.7. The van der Waals surface area contributed by atoms with Crippen molar-refractivity contribution < 1.29 is 22.7 Å². The molecule has 0 radical (unpaired) electrons. The molecule has 21 heavy (non-hydrogen) atoms. The van der Waals surface area contributed by atoms with Crippen LogP contribution in [-0.4, -0.2) is 47.4 Å². The Kier molecular flexibility index (Phi) is 4.17. The molecule has 4 nitrogen and oxygen atoms in total. The summed E-state index contributed by atoms with van der Waals surface area (Å²) in [5.41, 5.74) is -1.03. The van der Waals surface area contributed by atoms with Crippen molar-refractivity contribution in [2.24, 2.45) is 0 Å². The van der Waals surface area contributed by atoms with Crippen LogP contribution < -0.4 is 5.32 Å². The second-order valence-corrected chi connectivity index (χ2v) is 7.02. The summed E-state index contributed by atoms with van der Waals surface area (Å²) in [5, 5.41) is 2.75. The van der Waals surface area contributed by atoms with Gasteiger partial charge in [-0.25, -0.2) is 4.79 Å². The van der Waals surface area contributed by atoms with Gasteiger partial charge in [-0.05, 0) is 46.5 Å². The van der Waals surface area contributed by atoms with E-state index in [1.54, 1.807) is 25.7 Å². The molecule has 2 aliphatic rings. The summed E-state index contributed by atoms with van der Waals surface area (Å²) in [7, 11) is 0. The van der Waals surface area contributed by atoms with Gasteiger partial charge in [0.1, 0.15) is 11.6 Å². The molecule has 1 amide bonds. The number of ether oxygens (including phenoxy) is 1. The Hall–Kier alpha value is -0.980. The first-order chi connectivity index (χ1) is 9.51. The molecule has 2 aliphatic heterocycles. The van der Waals surface area contributed by atoms with Gasteiger partial charge >= 0.3 is 12.3 Å². The molecular weight excluding hydrogens is 285 g/mol. The van der Waals surface area contributed by atoms with Crippen LogP contribution in [0.25, 0.3) is 0 Å². The molecule has 7 heteroatoms. The highest BCUT2D eigenvalue weighted by molar-refractivity contribution is 5.68. The number of alkyl halides is 3. The molecule has 0 aromatic carbocycles. The number of rotatable bonds is 0. The molecule has 0 saturated carbocycles. The first kappa shape index (κ1) is 16.4. The Bertz CT molecular complexity index is 396. The number of amides is 1. The van der Waals surface area contributed by atoms with E-state index in [0.717, 1.165) is 0 Å². The average Bonchev–Trinajstić information content (AvgIpc) is 2.72. The fraction of sp³-hybridized carbons (Fsp3) is 0.929. The van der Waals surface area contributed by atoms with E-state index in [4.69, 9.17) is 4.74 Å². The monoisotopic (exact) mass is 308 g/mol. The lowest BCUT2D eigenvalue weighted by Crippen LogP contribution is -2.55. The lowest BCUT2D eigenvalue weighted by Gasteiger charge is -2.40. The minimum absolute atomic E-state index is 0.121. The summed E-state index contributed by atoms with van der Waals surface area (Å²) >= 11 is 0. The molecule has 0 aromatic rings. The van der Waals surface area contributed by atoms with E-state index in [-0.39, 0.29) is 12.5 Å². The normalized spacial score (nSPS) is 26.2. The van der Waals surface area contributed by atoms with Crippen LogP contribution in [0.5, 0.6) is 0 Å². The van der Waals surface area contributed by atoms with Crippen molar-refractivity contribution >= 4 is 6.09 Å². The van der Waals surface area contributed by atoms with Crippen molar-refractivity contribution in [3.05, 3.63) is 0 Å². The highest BCUT2D eigenvalue weighted by atomic mass is 19.4. The first-order valence-electron chi connectivity index (χ1n) is 7.33. The van der Waals surface area contributed by atoms with E-state index >= 15 is 0 Å². The highest BCUT2D eigenvalue weighted by Gasteiger charge is 2.50. The van der Waals surface area contributed by atoms with Gasteiger partial charge in [0, 0.05) is 18.6 Å². The lowest BCUT2D eigenvalue weighted by atomic mass is 9.86. The fourth-order valence-corrected chi connectivity index (χ4v) is 3.02. The zero-order chi connectivity index (χ0) is 15.9. The van der Waals surface area contributed by atoms with E-state index < -0.39 is 23.4 Å². The maximum atomic E-state index is 12.7. The van der Waals surface area contributed by atoms with Gasteiger partial charge in [0.15, 0.2) is 0 Å². The number of piperidine rings is 1. The highest BCUT2D eigenvalue weighted by Crippen LogP contribution is 2.38. The van der Waals surface area contributed by atoms with Crippen LogP contribution in [-0.2, 0) is 4.74 Å². The Balaban J connectivity index is 1.88. The quantitative estimate of drug-likeness (QED) is 0.748. The standard InChI is InChI=1S/C14H23F3N2O2/c1-12(2,3)21-11(20)19-8-6-13(7-9-19)5-4-10(18-13)14(15,16)17/h10,18H,4-9H2,1-3H3/t10-/m0/s1. The summed E-state index contributed by atoms with van der Waals surface area (Å²) in [4.78, 5) is 13.5. The number of carbonyl (C=O) groups excluding carboxylic acids is 1. The van der Waals surface area contributed by atoms with Gasteiger partial charge in [-0.3, -0.25) is 0 Å². The van der Waals surface area contributed by atoms with Crippen molar-refractivity contribution in [2.75, 3.05) is 13.1 Å². The van der Waals surface area contributed by atoms with Crippen LogP contribution in [0.2, 0.25) is 0 Å². The number of carbonyl (C=O) groups is 1. The van der Waals surface area contributed by atoms with Crippen LogP contribution in [0.1, 0.15) is 46.5 Å². The molecule has 0 aromatic heterocycles. The summed E-state index contributed by atoms with van der Waals surface area (Å²) in [5.74, 6) is 0. The van der Waals surface area contributed by atoms with E-state index in [9.17, 15) is 18.0 Å². The lowest BCUT2D eigenvalue weighted by molar-refractivity contribution is -0.154. The summed E-state index contributed by atoms with van der Waals surface area (Å²) in [6, 6.07) is -1.41. The number of nitrogens with one attached hydrogen (secondary N) is 1. The largest absolute Gasteiger partial charge is 0.444 e. The molecule has 0 bridgehead atoms. The Morgan fingerprint density at radius 2 is 1.76 bits per heavy atom. The van der Waals surface area contributed by atoms with Gasteiger partial charge in [0.2, 0.25) is 0 Å². The Morgan fingerprint density at radius 1 is 1.19 bits per heavy atom. The second-order valence-electron chi connectivity index (χ2n) is 7.02. The maximum Gasteiger partial charge on any atom is 0.410 e. The number of halogens is 3. The van der Waals surface area contributed by atoms with Crippen molar-refractivity contribution in [3.63, 3.8) is 0 Å². The van der Waals surface area contributed by atoms with Crippen molar-refractivity contribution in [1.29, 1.82) is 0 Å². The first-order valence-corrected chi connectivity index (χ1v) is 7.33. The number of hydrogen-bond donors (Lipinski definition) is 1. The van der Waals surface area contributed by atoms with E-state index in [0.29, 0.717) is 32.4 Å². The predicted molar refractivity (Wildman–Crippen MR) is 72.0 cm³/mol. The zero-order valence-corrected chi connectivity index (χ0v) is 12.7. The van der Waals surface area contributed by atoms with Crippen LogP contribution >= 0.6 is 0 Å². The number of likely N-dealkylation sites (tertiary alicyclic amines) is 1. The van der Waals surface area contributed by atoms with Gasteiger partial charge in [0.25, 0.3) is 0 Å². The SMILES string of the molecule is CC(C)(C)OC(=O)N1CCC2(CC[C@@H](C(F)(F)F)N2)CC1. The molecule has 1 atom stereocenters. The molecule has 122 valence electrons. The van der Waals surface area contributed by atoms with Crippen LogP contribution in [0.15, 0.2) is 0 Å². The Morgan fingerprint density at radius 3 is 2.19 bits per heavy atom. The Labute approximate surface area is 123 Å². The summed E-state index contributed by atoms with van der Waals surface area (Å²) < 4.78 is 43.5. The molecule has 0 aliphatic carbocycles. The van der Waals surface area contributed by atoms with E-state index in [2.05, 4.69) is 5.32 Å². The smallest absolute Gasteiger partial charge is 0.410 e. The minimum Gasteiger partial charge on any atom is -0.444 e. The van der Waals surface area contributed by atoms with Crippen LogP contribution in [0.3, 0.4) is 0 Å². The third-order valence-electron chi connectivity index (χ3n) is 4.16. The van der Waals surface area contributed by atoms with Gasteiger partial charge < -0.3 is 15.0 Å². The third kappa shape index (κ3) is 4.02. The van der Waals surface area contributed by atoms with Gasteiger partial charge in [-0.15, -0.1) is 0 Å². The minimum atomic E-state index is -4.19. The van der Waals surface area contributed by atoms with Crippen LogP contribution in [0.4, 0.5) is 18.0 Å². The molecule has 1 spiro atoms.